The number of rotatable bonds is 9. The number of nitrogens with one attached hydrogen (secondary N) is 1. The van der Waals surface area contributed by atoms with Gasteiger partial charge in [-0.15, -0.1) is 0 Å². The van der Waals surface area contributed by atoms with Gasteiger partial charge in [0.15, 0.2) is 0 Å². The topological polar surface area (TPSA) is 76.8 Å². The van der Waals surface area contributed by atoms with Gasteiger partial charge in [0, 0.05) is 38.7 Å². The van der Waals surface area contributed by atoms with E-state index in [1.165, 1.54) is 5.56 Å². The highest BCUT2D eigenvalue weighted by Crippen LogP contribution is 2.25. The molecular formula is C22H29N3O3. The average molecular weight is 383 g/mol. The van der Waals surface area contributed by atoms with E-state index < -0.39 is 0 Å². The van der Waals surface area contributed by atoms with Crippen LogP contribution in [0.4, 0.5) is 0 Å². The van der Waals surface area contributed by atoms with Gasteiger partial charge in [-0.2, -0.15) is 0 Å². The molecule has 150 valence electrons. The zero-order valence-electron chi connectivity index (χ0n) is 16.3. The van der Waals surface area contributed by atoms with Crippen LogP contribution in [0.2, 0.25) is 0 Å². The van der Waals surface area contributed by atoms with Gasteiger partial charge in [-0.25, -0.2) is 0 Å². The van der Waals surface area contributed by atoms with Gasteiger partial charge < -0.3 is 20.5 Å². The summed E-state index contributed by atoms with van der Waals surface area (Å²) in [7, 11) is 1.64. The predicted octanol–water partition coefficient (Wildman–Crippen LogP) is 1.75. The van der Waals surface area contributed by atoms with E-state index in [1.54, 1.807) is 7.11 Å². The van der Waals surface area contributed by atoms with E-state index in [9.17, 15) is 4.79 Å². The number of nitrogens with two attached hydrogens (primary N) is 1. The molecule has 0 spiro atoms. The van der Waals surface area contributed by atoms with Gasteiger partial charge in [-0.3, -0.25) is 9.69 Å². The second-order valence-electron chi connectivity index (χ2n) is 7.14. The third kappa shape index (κ3) is 5.79. The number of ether oxygens (including phenoxy) is 2. The van der Waals surface area contributed by atoms with E-state index in [2.05, 4.69) is 22.3 Å². The van der Waals surface area contributed by atoms with Crippen LogP contribution in [0.3, 0.4) is 0 Å². The number of amides is 1. The van der Waals surface area contributed by atoms with Crippen LogP contribution in [-0.2, 0) is 16.1 Å². The van der Waals surface area contributed by atoms with Crippen LogP contribution in [0.1, 0.15) is 17.0 Å². The normalized spacial score (nSPS) is 19.5. The summed E-state index contributed by atoms with van der Waals surface area (Å²) >= 11 is 0. The fourth-order valence-electron chi connectivity index (χ4n) is 3.54. The van der Waals surface area contributed by atoms with Crippen molar-refractivity contribution in [2.45, 2.75) is 18.5 Å². The minimum Gasteiger partial charge on any atom is -0.491 e. The maximum atomic E-state index is 12.4. The van der Waals surface area contributed by atoms with E-state index in [-0.39, 0.29) is 17.9 Å². The van der Waals surface area contributed by atoms with Crippen molar-refractivity contribution >= 4 is 5.91 Å². The molecule has 3 rings (SSSR count). The largest absolute Gasteiger partial charge is 0.491 e. The first-order valence-corrected chi connectivity index (χ1v) is 9.66. The van der Waals surface area contributed by atoms with Crippen molar-refractivity contribution in [2.24, 2.45) is 5.73 Å². The Morgan fingerprint density at radius 1 is 1.14 bits per heavy atom. The summed E-state index contributed by atoms with van der Waals surface area (Å²) in [5.74, 6) is 1.06. The summed E-state index contributed by atoms with van der Waals surface area (Å²) in [5, 5.41) is 2.99. The van der Waals surface area contributed by atoms with E-state index in [4.69, 9.17) is 15.2 Å². The Balaban J connectivity index is 1.45. The molecule has 2 aromatic carbocycles. The molecule has 1 fully saturated rings. The molecule has 2 atom stereocenters. The minimum atomic E-state index is 0.00613. The Kier molecular flexibility index (Phi) is 7.42. The number of benzene rings is 2. The molecule has 0 aliphatic carbocycles. The summed E-state index contributed by atoms with van der Waals surface area (Å²) in [4.78, 5) is 14.5. The summed E-state index contributed by atoms with van der Waals surface area (Å²) in [6.07, 6.45) is 0. The van der Waals surface area contributed by atoms with E-state index >= 15 is 0 Å². The van der Waals surface area contributed by atoms with Crippen molar-refractivity contribution in [3.05, 3.63) is 65.7 Å². The number of hydrogen-bond donors (Lipinski definition) is 2. The van der Waals surface area contributed by atoms with Crippen LogP contribution in [0.15, 0.2) is 54.6 Å². The standard InChI is InChI=1S/C22H29N3O3/c1-27-10-11-28-19-9-5-6-17(12-19)13-24-22(26)16-25-14-20(21(23)15-25)18-7-3-2-4-8-18/h2-9,12,20-21H,10-11,13-16,23H2,1H3,(H,24,26)/t20-,21+/m0/s1. The summed E-state index contributed by atoms with van der Waals surface area (Å²) < 4.78 is 10.6. The van der Waals surface area contributed by atoms with Crippen LogP contribution < -0.4 is 15.8 Å². The van der Waals surface area contributed by atoms with Crippen LogP contribution in [-0.4, -0.2) is 56.8 Å². The lowest BCUT2D eigenvalue weighted by atomic mass is 9.95. The molecule has 0 radical (unpaired) electrons. The van der Waals surface area contributed by atoms with E-state index in [1.807, 2.05) is 42.5 Å². The summed E-state index contributed by atoms with van der Waals surface area (Å²) in [6, 6.07) is 18.1. The van der Waals surface area contributed by atoms with Gasteiger partial charge in [0.05, 0.1) is 13.2 Å². The maximum absolute atomic E-state index is 12.4. The monoisotopic (exact) mass is 383 g/mol. The number of likely N-dealkylation sites (tertiary alicyclic amines) is 1. The first kappa shape index (κ1) is 20.3. The van der Waals surface area contributed by atoms with Crippen LogP contribution in [0.5, 0.6) is 5.75 Å². The summed E-state index contributed by atoms with van der Waals surface area (Å²) in [6.45, 7) is 3.42. The second-order valence-corrected chi connectivity index (χ2v) is 7.14. The van der Waals surface area contributed by atoms with Gasteiger partial charge in [-0.05, 0) is 23.3 Å². The molecule has 28 heavy (non-hydrogen) atoms. The highest BCUT2D eigenvalue weighted by Gasteiger charge is 2.31. The highest BCUT2D eigenvalue weighted by atomic mass is 16.5. The van der Waals surface area contributed by atoms with Gasteiger partial charge in [0.2, 0.25) is 5.91 Å². The molecule has 6 heteroatoms. The lowest BCUT2D eigenvalue weighted by Gasteiger charge is -2.16. The Morgan fingerprint density at radius 3 is 2.75 bits per heavy atom. The molecule has 1 saturated heterocycles. The van der Waals surface area contributed by atoms with Crippen molar-refractivity contribution in [1.29, 1.82) is 0 Å². The van der Waals surface area contributed by atoms with Crippen LogP contribution in [0, 0.1) is 0 Å². The first-order valence-electron chi connectivity index (χ1n) is 9.66. The third-order valence-electron chi connectivity index (χ3n) is 4.98. The zero-order chi connectivity index (χ0) is 19.8. The first-order chi connectivity index (χ1) is 13.7. The van der Waals surface area contributed by atoms with Crippen molar-refractivity contribution in [1.82, 2.24) is 10.2 Å². The van der Waals surface area contributed by atoms with Gasteiger partial charge in [0.25, 0.3) is 0 Å². The van der Waals surface area contributed by atoms with Crippen molar-refractivity contribution < 1.29 is 14.3 Å². The van der Waals surface area contributed by atoms with Crippen molar-refractivity contribution in [3.63, 3.8) is 0 Å². The van der Waals surface area contributed by atoms with Crippen LogP contribution in [0.25, 0.3) is 0 Å². The molecule has 2 aromatic rings. The minimum absolute atomic E-state index is 0.00613. The maximum Gasteiger partial charge on any atom is 0.234 e. The lowest BCUT2D eigenvalue weighted by Crippen LogP contribution is -2.37. The fraction of sp³-hybridized carbons (Fsp3) is 0.409. The molecular weight excluding hydrogens is 354 g/mol. The Hall–Kier alpha value is -2.41. The smallest absolute Gasteiger partial charge is 0.234 e. The third-order valence-corrected chi connectivity index (χ3v) is 4.98. The second kappa shape index (κ2) is 10.2. The van der Waals surface area contributed by atoms with Gasteiger partial charge in [0.1, 0.15) is 12.4 Å². The van der Waals surface area contributed by atoms with Crippen molar-refractivity contribution in [2.75, 3.05) is 40.0 Å². The molecule has 1 amide bonds. The van der Waals surface area contributed by atoms with E-state index in [0.717, 1.165) is 24.4 Å². The number of carbonyl (C=O) groups excluding carboxylic acids is 1. The molecule has 1 aliphatic heterocycles. The Bertz CT molecular complexity index is 754. The quantitative estimate of drug-likeness (QED) is 0.645. The van der Waals surface area contributed by atoms with E-state index in [0.29, 0.717) is 26.3 Å². The zero-order valence-corrected chi connectivity index (χ0v) is 16.3. The molecule has 0 bridgehead atoms. The molecule has 0 saturated carbocycles. The SMILES string of the molecule is COCCOc1cccc(CNC(=O)CN2C[C@@H](N)[C@H](c3ccccc3)C2)c1. The number of hydrogen-bond acceptors (Lipinski definition) is 5. The summed E-state index contributed by atoms with van der Waals surface area (Å²) in [5.41, 5.74) is 8.55. The predicted molar refractivity (Wildman–Crippen MR) is 109 cm³/mol. The highest BCUT2D eigenvalue weighted by molar-refractivity contribution is 5.78. The number of nitrogens with zero attached hydrogens (tertiary/aromatic N) is 1. The molecule has 6 nitrogen and oxygen atoms in total. The van der Waals surface area contributed by atoms with Gasteiger partial charge in [-0.1, -0.05) is 42.5 Å². The van der Waals surface area contributed by atoms with Crippen molar-refractivity contribution in [3.8, 4) is 5.75 Å². The average Bonchev–Trinajstić information content (AvgIpc) is 3.07. The molecule has 1 heterocycles. The molecule has 1 aliphatic rings. The fourth-order valence-corrected chi connectivity index (χ4v) is 3.54. The molecule has 0 unspecified atom stereocenters. The number of carbonyl (C=O) groups is 1. The number of methoxy groups -OCH3 is 1. The Morgan fingerprint density at radius 2 is 1.96 bits per heavy atom. The molecule has 3 N–H and O–H groups in total. The Labute approximate surface area is 166 Å². The lowest BCUT2D eigenvalue weighted by molar-refractivity contribution is -0.122. The van der Waals surface area contributed by atoms with Gasteiger partial charge >= 0.3 is 0 Å². The van der Waals surface area contributed by atoms with Crippen LogP contribution >= 0.6 is 0 Å². The molecule has 0 aromatic heterocycles.